The van der Waals surface area contributed by atoms with E-state index in [4.69, 9.17) is 9.26 Å². The number of aromatic nitrogens is 2. The number of aryl methyl sites for hydroxylation is 1. The van der Waals surface area contributed by atoms with Gasteiger partial charge in [-0.2, -0.15) is 4.98 Å². The Bertz CT molecular complexity index is 484. The minimum Gasteiger partial charge on any atom is -0.377 e. The lowest BCUT2D eigenvalue weighted by atomic mass is 9.96. The van der Waals surface area contributed by atoms with Crippen LogP contribution < -0.4 is 5.32 Å². The van der Waals surface area contributed by atoms with Crippen molar-refractivity contribution in [1.29, 1.82) is 0 Å². The van der Waals surface area contributed by atoms with Gasteiger partial charge in [0.1, 0.15) is 6.04 Å². The molecule has 1 saturated heterocycles. The molecule has 1 aliphatic heterocycles. The molecule has 2 heterocycles. The Hall–Kier alpha value is -1.63. The highest BCUT2D eigenvalue weighted by Crippen LogP contribution is 2.23. The molecule has 1 N–H and O–H groups in total. The summed E-state index contributed by atoms with van der Waals surface area (Å²) in [7, 11) is 0. The molecule has 1 aliphatic carbocycles. The Morgan fingerprint density at radius 2 is 2.14 bits per heavy atom. The molecule has 1 saturated carbocycles. The number of nitrogens with one attached hydrogen (secondary N) is 1. The second kappa shape index (κ2) is 6.43. The zero-order valence-corrected chi connectivity index (χ0v) is 12.4. The van der Waals surface area contributed by atoms with E-state index in [1.165, 1.54) is 19.3 Å². The van der Waals surface area contributed by atoms with Gasteiger partial charge in [-0.15, -0.1) is 0 Å². The minimum atomic E-state index is -0.264. The maximum Gasteiger partial charge on any atom is 0.318 e. The van der Waals surface area contributed by atoms with E-state index >= 15 is 0 Å². The number of ether oxygens (including phenoxy) is 1. The molecule has 0 unspecified atom stereocenters. The summed E-state index contributed by atoms with van der Waals surface area (Å²) in [4.78, 5) is 18.5. The van der Waals surface area contributed by atoms with Crippen LogP contribution in [0, 0.1) is 6.92 Å². The average Bonchev–Trinajstić information content (AvgIpc) is 2.95. The lowest BCUT2D eigenvalue weighted by Gasteiger charge is -2.35. The fraction of sp³-hybridized carbons (Fsp3) is 0.786. The van der Waals surface area contributed by atoms with E-state index in [0.717, 1.165) is 12.8 Å². The fourth-order valence-electron chi connectivity index (χ4n) is 3.02. The summed E-state index contributed by atoms with van der Waals surface area (Å²) in [6.45, 7) is 3.26. The van der Waals surface area contributed by atoms with Gasteiger partial charge in [-0.3, -0.25) is 0 Å². The second-order valence-electron chi connectivity index (χ2n) is 5.74. The minimum absolute atomic E-state index is 0.0438. The van der Waals surface area contributed by atoms with Crippen molar-refractivity contribution in [2.24, 2.45) is 0 Å². The molecule has 1 aromatic rings. The van der Waals surface area contributed by atoms with Gasteiger partial charge in [-0.05, 0) is 12.8 Å². The molecule has 1 atom stereocenters. The molecule has 7 heteroatoms. The van der Waals surface area contributed by atoms with Gasteiger partial charge in [0.2, 0.25) is 5.89 Å². The third-order valence-electron chi connectivity index (χ3n) is 4.16. The van der Waals surface area contributed by atoms with Gasteiger partial charge in [0.05, 0.1) is 13.2 Å². The van der Waals surface area contributed by atoms with Crippen molar-refractivity contribution in [2.75, 3.05) is 19.8 Å². The first kappa shape index (κ1) is 14.3. The number of urea groups is 1. The standard InChI is InChI=1S/C14H22N4O3/c1-10-15-13(17-21-10)12-9-20-8-7-18(12)14(19)16-11-5-3-2-4-6-11/h11-12H,2-9H2,1H3,(H,16,19)/t12-/m0/s1. The van der Waals surface area contributed by atoms with Crippen LogP contribution in [0.25, 0.3) is 0 Å². The van der Waals surface area contributed by atoms with E-state index in [9.17, 15) is 4.79 Å². The topological polar surface area (TPSA) is 80.5 Å². The van der Waals surface area contributed by atoms with Crippen LogP contribution in [-0.4, -0.2) is 46.9 Å². The number of hydrogen-bond acceptors (Lipinski definition) is 5. The highest BCUT2D eigenvalue weighted by molar-refractivity contribution is 5.75. The zero-order valence-electron chi connectivity index (χ0n) is 12.4. The van der Waals surface area contributed by atoms with Gasteiger partial charge < -0.3 is 19.5 Å². The molecule has 0 aromatic carbocycles. The van der Waals surface area contributed by atoms with Gasteiger partial charge in [0.25, 0.3) is 0 Å². The van der Waals surface area contributed by atoms with Gasteiger partial charge in [0, 0.05) is 19.5 Å². The molecule has 0 bridgehead atoms. The van der Waals surface area contributed by atoms with Crippen molar-refractivity contribution in [3.8, 4) is 0 Å². The maximum atomic E-state index is 12.5. The van der Waals surface area contributed by atoms with Crippen LogP contribution in [0.15, 0.2) is 4.52 Å². The smallest absolute Gasteiger partial charge is 0.318 e. The summed E-state index contributed by atoms with van der Waals surface area (Å²) in [6.07, 6.45) is 5.81. The van der Waals surface area contributed by atoms with Crippen LogP contribution in [0.2, 0.25) is 0 Å². The monoisotopic (exact) mass is 294 g/mol. The maximum absolute atomic E-state index is 12.5. The van der Waals surface area contributed by atoms with Crippen LogP contribution in [0.4, 0.5) is 4.79 Å². The highest BCUT2D eigenvalue weighted by Gasteiger charge is 2.33. The van der Waals surface area contributed by atoms with E-state index in [-0.39, 0.29) is 12.1 Å². The summed E-state index contributed by atoms with van der Waals surface area (Å²) in [5.74, 6) is 1.02. The number of nitrogens with zero attached hydrogens (tertiary/aromatic N) is 3. The Labute approximate surface area is 124 Å². The van der Waals surface area contributed by atoms with E-state index in [0.29, 0.717) is 37.5 Å². The summed E-state index contributed by atoms with van der Waals surface area (Å²) in [6, 6.07) is -0.0146. The number of carbonyl (C=O) groups excluding carboxylic acids is 1. The van der Waals surface area contributed by atoms with Gasteiger partial charge >= 0.3 is 6.03 Å². The van der Waals surface area contributed by atoms with Crippen molar-refractivity contribution in [3.63, 3.8) is 0 Å². The van der Waals surface area contributed by atoms with Crippen molar-refractivity contribution < 1.29 is 14.1 Å². The first-order valence-corrected chi connectivity index (χ1v) is 7.69. The molecule has 1 aromatic heterocycles. The third kappa shape index (κ3) is 3.34. The number of rotatable bonds is 2. The van der Waals surface area contributed by atoms with Gasteiger partial charge in [-0.1, -0.05) is 24.4 Å². The van der Waals surface area contributed by atoms with Crippen molar-refractivity contribution >= 4 is 6.03 Å². The lowest BCUT2D eigenvalue weighted by Crippen LogP contribution is -2.51. The van der Waals surface area contributed by atoms with Crippen LogP contribution in [0.5, 0.6) is 0 Å². The predicted octanol–water partition coefficient (Wildman–Crippen LogP) is 1.79. The molecule has 21 heavy (non-hydrogen) atoms. The second-order valence-corrected chi connectivity index (χ2v) is 5.74. The van der Waals surface area contributed by atoms with Gasteiger partial charge in [-0.25, -0.2) is 4.79 Å². The first-order valence-electron chi connectivity index (χ1n) is 7.69. The van der Waals surface area contributed by atoms with Crippen LogP contribution in [0.3, 0.4) is 0 Å². The average molecular weight is 294 g/mol. The molecule has 7 nitrogen and oxygen atoms in total. The summed E-state index contributed by atoms with van der Waals surface area (Å²) >= 11 is 0. The largest absolute Gasteiger partial charge is 0.377 e. The number of hydrogen-bond donors (Lipinski definition) is 1. The van der Waals surface area contributed by atoms with Crippen LogP contribution in [0.1, 0.15) is 49.9 Å². The lowest BCUT2D eigenvalue weighted by molar-refractivity contribution is 0.00706. The summed E-state index contributed by atoms with van der Waals surface area (Å²) in [5.41, 5.74) is 0. The van der Waals surface area contributed by atoms with Gasteiger partial charge in [0.15, 0.2) is 5.82 Å². The normalized spacial score (nSPS) is 24.0. The first-order chi connectivity index (χ1) is 10.2. The Kier molecular flexibility index (Phi) is 4.38. The molecule has 0 radical (unpaired) electrons. The van der Waals surface area contributed by atoms with E-state index < -0.39 is 0 Å². The SMILES string of the molecule is Cc1nc([C@@H]2COCCN2C(=O)NC2CCCCC2)no1. The molecular formula is C14H22N4O3. The van der Waals surface area contributed by atoms with Crippen molar-refractivity contribution in [1.82, 2.24) is 20.4 Å². The summed E-state index contributed by atoms with van der Waals surface area (Å²) < 4.78 is 10.5. The van der Waals surface area contributed by atoms with Crippen molar-refractivity contribution in [3.05, 3.63) is 11.7 Å². The fourth-order valence-corrected chi connectivity index (χ4v) is 3.02. The quantitative estimate of drug-likeness (QED) is 0.899. The Morgan fingerprint density at radius 1 is 1.33 bits per heavy atom. The van der Waals surface area contributed by atoms with E-state index in [1.54, 1.807) is 11.8 Å². The predicted molar refractivity (Wildman–Crippen MR) is 74.7 cm³/mol. The van der Waals surface area contributed by atoms with E-state index in [2.05, 4.69) is 15.5 Å². The molecule has 2 fully saturated rings. The van der Waals surface area contributed by atoms with Crippen LogP contribution >= 0.6 is 0 Å². The third-order valence-corrected chi connectivity index (χ3v) is 4.16. The molecule has 2 aliphatic rings. The van der Waals surface area contributed by atoms with Crippen LogP contribution in [-0.2, 0) is 4.74 Å². The van der Waals surface area contributed by atoms with E-state index in [1.807, 2.05) is 0 Å². The zero-order chi connectivity index (χ0) is 14.7. The highest BCUT2D eigenvalue weighted by atomic mass is 16.5. The molecule has 116 valence electrons. The molecular weight excluding hydrogens is 272 g/mol. The summed E-state index contributed by atoms with van der Waals surface area (Å²) in [5, 5.41) is 7.07. The molecule has 0 spiro atoms. The number of carbonyl (C=O) groups is 1. The number of morpholine rings is 1. The molecule has 2 amide bonds. The molecule has 3 rings (SSSR count). The number of amides is 2. The Balaban J connectivity index is 1.66. The van der Waals surface area contributed by atoms with Crippen molar-refractivity contribution in [2.45, 2.75) is 51.1 Å². The Morgan fingerprint density at radius 3 is 2.86 bits per heavy atom.